The Hall–Kier alpha value is -1.61. The maximum absolute atomic E-state index is 11.3. The van der Waals surface area contributed by atoms with Crippen LogP contribution < -0.4 is 0 Å². The molecular weight excluding hydrogens is 214 g/mol. The van der Waals surface area contributed by atoms with Crippen molar-refractivity contribution >= 4 is 5.97 Å². The van der Waals surface area contributed by atoms with Crippen molar-refractivity contribution < 1.29 is 9.63 Å². The molecule has 0 saturated heterocycles. The Bertz CT molecular complexity index is 384. The van der Waals surface area contributed by atoms with Gasteiger partial charge in [0, 0.05) is 12.6 Å². The third-order valence-electron chi connectivity index (χ3n) is 2.76. The quantitative estimate of drug-likeness (QED) is 0.578. The third kappa shape index (κ3) is 3.17. The summed E-state index contributed by atoms with van der Waals surface area (Å²) in [5.74, 6) is -0.434. The fourth-order valence-corrected chi connectivity index (χ4v) is 1.71. The van der Waals surface area contributed by atoms with Gasteiger partial charge in [-0.25, -0.2) is 4.79 Å². The summed E-state index contributed by atoms with van der Waals surface area (Å²) in [7, 11) is 0. The van der Waals surface area contributed by atoms with Gasteiger partial charge in [-0.15, -0.1) is 5.06 Å². The first kappa shape index (κ1) is 13.5. The average molecular weight is 233 g/mol. The van der Waals surface area contributed by atoms with Crippen LogP contribution in [0.1, 0.15) is 26.3 Å². The second-order valence-electron chi connectivity index (χ2n) is 4.23. The smallest absolute Gasteiger partial charge is 0.349 e. The number of hydrogen-bond donors (Lipinski definition) is 0. The lowest BCUT2D eigenvalue weighted by Crippen LogP contribution is -2.42. The van der Waals surface area contributed by atoms with E-state index in [0.29, 0.717) is 6.54 Å². The molecule has 92 valence electrons. The van der Waals surface area contributed by atoms with Crippen molar-refractivity contribution in [2.24, 2.45) is 0 Å². The molecule has 0 spiro atoms. The topological polar surface area (TPSA) is 29.5 Å². The van der Waals surface area contributed by atoms with Gasteiger partial charge in [0.1, 0.15) is 0 Å². The molecule has 1 aromatic carbocycles. The van der Waals surface area contributed by atoms with Gasteiger partial charge >= 0.3 is 5.97 Å². The lowest BCUT2D eigenvalue weighted by Gasteiger charge is -2.35. The van der Waals surface area contributed by atoms with Crippen molar-refractivity contribution in [3.05, 3.63) is 48.6 Å². The van der Waals surface area contributed by atoms with Crippen LogP contribution in [0.3, 0.4) is 0 Å². The SMILES string of the molecule is C=CC(=O)ON(CC)C(C)(C)c1ccccc1. The van der Waals surface area contributed by atoms with Crippen LogP contribution in [0.15, 0.2) is 43.0 Å². The molecule has 0 atom stereocenters. The van der Waals surface area contributed by atoms with E-state index >= 15 is 0 Å². The second kappa shape index (κ2) is 5.64. The lowest BCUT2D eigenvalue weighted by molar-refractivity contribution is -0.212. The Labute approximate surface area is 103 Å². The highest BCUT2D eigenvalue weighted by Gasteiger charge is 2.30. The molecule has 0 amide bonds. The van der Waals surface area contributed by atoms with Crippen molar-refractivity contribution in [2.45, 2.75) is 26.3 Å². The molecule has 1 aromatic rings. The predicted molar refractivity (Wildman–Crippen MR) is 68.1 cm³/mol. The molecule has 0 heterocycles. The zero-order chi connectivity index (χ0) is 12.9. The normalized spacial score (nSPS) is 11.3. The summed E-state index contributed by atoms with van der Waals surface area (Å²) in [4.78, 5) is 16.5. The molecule has 0 saturated carbocycles. The van der Waals surface area contributed by atoms with E-state index in [9.17, 15) is 4.79 Å². The van der Waals surface area contributed by atoms with E-state index < -0.39 is 5.97 Å². The maximum Gasteiger partial charge on any atom is 0.349 e. The molecule has 0 bridgehead atoms. The van der Waals surface area contributed by atoms with Crippen LogP contribution in [0, 0.1) is 0 Å². The molecule has 0 fully saturated rings. The summed E-state index contributed by atoms with van der Waals surface area (Å²) in [5, 5.41) is 1.66. The lowest BCUT2D eigenvalue weighted by atomic mass is 9.94. The number of carbonyl (C=O) groups is 1. The second-order valence-corrected chi connectivity index (χ2v) is 4.23. The van der Waals surface area contributed by atoms with Gasteiger partial charge in [-0.3, -0.25) is 0 Å². The summed E-state index contributed by atoms with van der Waals surface area (Å²) in [6.07, 6.45) is 1.17. The van der Waals surface area contributed by atoms with E-state index in [0.717, 1.165) is 5.56 Å². The maximum atomic E-state index is 11.3. The Balaban J connectivity index is 2.93. The van der Waals surface area contributed by atoms with Crippen LogP contribution in [0.25, 0.3) is 0 Å². The Morgan fingerprint density at radius 2 is 2.00 bits per heavy atom. The molecule has 0 aliphatic rings. The van der Waals surface area contributed by atoms with Crippen LogP contribution in [-0.4, -0.2) is 17.6 Å². The molecule has 0 N–H and O–H groups in total. The molecule has 3 heteroatoms. The van der Waals surface area contributed by atoms with Crippen LogP contribution in [0.4, 0.5) is 0 Å². The van der Waals surface area contributed by atoms with Gasteiger partial charge in [-0.2, -0.15) is 0 Å². The van der Waals surface area contributed by atoms with E-state index in [2.05, 4.69) is 6.58 Å². The number of carbonyl (C=O) groups excluding carboxylic acids is 1. The van der Waals surface area contributed by atoms with E-state index in [-0.39, 0.29) is 5.54 Å². The largest absolute Gasteiger partial charge is 0.363 e. The summed E-state index contributed by atoms with van der Waals surface area (Å²) >= 11 is 0. The molecule has 0 aliphatic heterocycles. The van der Waals surface area contributed by atoms with E-state index in [1.807, 2.05) is 51.1 Å². The fourth-order valence-electron chi connectivity index (χ4n) is 1.71. The Morgan fingerprint density at radius 1 is 1.41 bits per heavy atom. The van der Waals surface area contributed by atoms with Crippen molar-refractivity contribution in [1.29, 1.82) is 0 Å². The van der Waals surface area contributed by atoms with Crippen molar-refractivity contribution in [1.82, 2.24) is 5.06 Å². The van der Waals surface area contributed by atoms with Crippen molar-refractivity contribution in [3.8, 4) is 0 Å². The third-order valence-corrected chi connectivity index (χ3v) is 2.76. The number of nitrogens with zero attached hydrogens (tertiary/aromatic N) is 1. The fraction of sp³-hybridized carbons (Fsp3) is 0.357. The highest BCUT2D eigenvalue weighted by atomic mass is 16.7. The summed E-state index contributed by atoms with van der Waals surface area (Å²) in [6, 6.07) is 9.95. The van der Waals surface area contributed by atoms with Crippen LogP contribution in [0.5, 0.6) is 0 Å². The Kier molecular flexibility index (Phi) is 4.46. The monoisotopic (exact) mass is 233 g/mol. The highest BCUT2D eigenvalue weighted by Crippen LogP contribution is 2.27. The van der Waals surface area contributed by atoms with Crippen LogP contribution >= 0.6 is 0 Å². The standard InChI is InChI=1S/C14H19NO2/c1-5-13(16)17-15(6-2)14(3,4)12-10-8-7-9-11-12/h5,7-11H,1,6H2,2-4H3. The zero-order valence-electron chi connectivity index (χ0n) is 10.6. The average Bonchev–Trinajstić information content (AvgIpc) is 2.36. The van der Waals surface area contributed by atoms with Gasteiger partial charge in [0.2, 0.25) is 0 Å². The van der Waals surface area contributed by atoms with Gasteiger partial charge in [-0.1, -0.05) is 36.9 Å². The molecule has 0 unspecified atom stereocenters. The summed E-state index contributed by atoms with van der Waals surface area (Å²) < 4.78 is 0. The van der Waals surface area contributed by atoms with Gasteiger partial charge in [0.25, 0.3) is 0 Å². The van der Waals surface area contributed by atoms with Gasteiger partial charge in [-0.05, 0) is 26.3 Å². The predicted octanol–water partition coefficient (Wildman–Crippen LogP) is 2.89. The zero-order valence-corrected chi connectivity index (χ0v) is 10.6. The van der Waals surface area contributed by atoms with Gasteiger partial charge in [0.05, 0.1) is 5.54 Å². The van der Waals surface area contributed by atoms with Crippen LogP contribution in [0.2, 0.25) is 0 Å². The molecule has 17 heavy (non-hydrogen) atoms. The first-order chi connectivity index (χ1) is 8.02. The summed E-state index contributed by atoms with van der Waals surface area (Å²) in [5.41, 5.74) is 0.730. The molecule has 0 radical (unpaired) electrons. The molecule has 0 aromatic heterocycles. The molecule has 3 nitrogen and oxygen atoms in total. The van der Waals surface area contributed by atoms with E-state index in [1.165, 1.54) is 6.08 Å². The Morgan fingerprint density at radius 3 is 2.47 bits per heavy atom. The minimum Gasteiger partial charge on any atom is -0.363 e. The molecule has 0 aliphatic carbocycles. The minimum absolute atomic E-state index is 0.366. The first-order valence-corrected chi connectivity index (χ1v) is 5.70. The van der Waals surface area contributed by atoms with Crippen molar-refractivity contribution in [3.63, 3.8) is 0 Å². The van der Waals surface area contributed by atoms with Crippen LogP contribution in [-0.2, 0) is 15.2 Å². The van der Waals surface area contributed by atoms with E-state index in [1.54, 1.807) is 5.06 Å². The highest BCUT2D eigenvalue weighted by molar-refractivity contribution is 5.80. The van der Waals surface area contributed by atoms with Gasteiger partial charge < -0.3 is 4.84 Å². The number of hydroxylamine groups is 2. The first-order valence-electron chi connectivity index (χ1n) is 5.70. The van der Waals surface area contributed by atoms with E-state index in [4.69, 9.17) is 4.84 Å². The number of hydrogen-bond acceptors (Lipinski definition) is 3. The van der Waals surface area contributed by atoms with Crippen molar-refractivity contribution in [2.75, 3.05) is 6.54 Å². The van der Waals surface area contributed by atoms with Gasteiger partial charge in [0.15, 0.2) is 0 Å². The molecule has 1 rings (SSSR count). The summed E-state index contributed by atoms with van der Waals surface area (Å²) in [6.45, 7) is 9.99. The molecular formula is C14H19NO2. The minimum atomic E-state index is -0.434. The number of rotatable bonds is 5. The number of benzene rings is 1.